The highest BCUT2D eigenvalue weighted by Gasteiger charge is 2.13. The summed E-state index contributed by atoms with van der Waals surface area (Å²) in [7, 11) is 1.50. The maximum Gasteiger partial charge on any atom is 0.258 e. The summed E-state index contributed by atoms with van der Waals surface area (Å²) >= 11 is 6.08. The van der Waals surface area contributed by atoms with Crippen molar-refractivity contribution in [2.24, 2.45) is 0 Å². The standard InChI is InChI=1S/C20H16ClN5O2/c1-12-7-17(18(28-2)8-15(12)21)25-19(27)14-10-23-20(24-11-14)26-16-6-4-3-5-13(16)9-22/h3-8,10-11H,1-2H3,(H,25,27)(H,23,24,26). The number of hydrogen-bond donors (Lipinski definition) is 2. The van der Waals surface area contributed by atoms with Gasteiger partial charge in [0.25, 0.3) is 5.91 Å². The van der Waals surface area contributed by atoms with Crippen LogP contribution < -0.4 is 15.4 Å². The molecule has 3 rings (SSSR count). The number of aryl methyl sites for hydroxylation is 1. The molecule has 1 aromatic heterocycles. The van der Waals surface area contributed by atoms with Gasteiger partial charge in [-0.3, -0.25) is 4.79 Å². The van der Waals surface area contributed by atoms with Crippen molar-refractivity contribution in [3.05, 3.63) is 70.5 Å². The van der Waals surface area contributed by atoms with Gasteiger partial charge in [0.05, 0.1) is 29.6 Å². The number of nitrogens with zero attached hydrogens (tertiary/aromatic N) is 3. The first-order chi connectivity index (χ1) is 13.5. The zero-order valence-corrected chi connectivity index (χ0v) is 15.9. The normalized spacial score (nSPS) is 10.1. The van der Waals surface area contributed by atoms with Gasteiger partial charge in [-0.2, -0.15) is 5.26 Å². The van der Waals surface area contributed by atoms with Crippen molar-refractivity contribution >= 4 is 34.8 Å². The molecular weight excluding hydrogens is 378 g/mol. The number of halogens is 1. The molecular formula is C20H16ClN5O2. The first kappa shape index (κ1) is 19.1. The number of methoxy groups -OCH3 is 1. The van der Waals surface area contributed by atoms with E-state index in [1.54, 1.807) is 36.4 Å². The van der Waals surface area contributed by atoms with Crippen LogP contribution in [-0.2, 0) is 0 Å². The second-order valence-corrected chi connectivity index (χ2v) is 6.24. The lowest BCUT2D eigenvalue weighted by atomic mass is 10.2. The number of ether oxygens (including phenoxy) is 1. The third-order valence-electron chi connectivity index (χ3n) is 3.94. The molecule has 8 heteroatoms. The molecule has 0 unspecified atom stereocenters. The minimum atomic E-state index is -0.385. The number of amides is 1. The number of carbonyl (C=O) groups is 1. The van der Waals surface area contributed by atoms with Crippen LogP contribution in [0.1, 0.15) is 21.5 Å². The lowest BCUT2D eigenvalue weighted by Gasteiger charge is -2.12. The lowest BCUT2D eigenvalue weighted by molar-refractivity contribution is 0.102. The Balaban J connectivity index is 1.76. The first-order valence-electron chi connectivity index (χ1n) is 8.25. The summed E-state index contributed by atoms with van der Waals surface area (Å²) in [6, 6.07) is 12.5. The fourth-order valence-corrected chi connectivity index (χ4v) is 2.60. The average molecular weight is 394 g/mol. The van der Waals surface area contributed by atoms with E-state index in [1.807, 2.05) is 6.92 Å². The maximum absolute atomic E-state index is 12.5. The minimum absolute atomic E-state index is 0.272. The van der Waals surface area contributed by atoms with E-state index < -0.39 is 0 Å². The molecule has 3 aromatic rings. The number of nitriles is 1. The second kappa shape index (κ2) is 8.37. The van der Waals surface area contributed by atoms with Gasteiger partial charge in [0, 0.05) is 23.5 Å². The Labute approximate surface area is 167 Å². The number of carbonyl (C=O) groups excluding carboxylic acids is 1. The zero-order valence-electron chi connectivity index (χ0n) is 15.2. The molecule has 1 heterocycles. The highest BCUT2D eigenvalue weighted by Crippen LogP contribution is 2.31. The molecule has 140 valence electrons. The fourth-order valence-electron chi connectivity index (χ4n) is 2.44. The molecule has 1 amide bonds. The summed E-state index contributed by atoms with van der Waals surface area (Å²) in [5.74, 6) is 0.347. The molecule has 28 heavy (non-hydrogen) atoms. The number of aromatic nitrogens is 2. The number of nitrogens with one attached hydrogen (secondary N) is 2. The Kier molecular flexibility index (Phi) is 5.72. The molecule has 0 radical (unpaired) electrons. The second-order valence-electron chi connectivity index (χ2n) is 5.83. The average Bonchev–Trinajstić information content (AvgIpc) is 2.71. The molecule has 0 fully saturated rings. The van der Waals surface area contributed by atoms with Gasteiger partial charge in [0.2, 0.25) is 5.95 Å². The van der Waals surface area contributed by atoms with Crippen molar-refractivity contribution in [3.8, 4) is 11.8 Å². The molecule has 2 aromatic carbocycles. The molecule has 2 N–H and O–H groups in total. The maximum atomic E-state index is 12.5. The third-order valence-corrected chi connectivity index (χ3v) is 4.34. The molecule has 0 saturated heterocycles. The van der Waals surface area contributed by atoms with Crippen LogP contribution in [0.25, 0.3) is 0 Å². The lowest BCUT2D eigenvalue weighted by Crippen LogP contribution is -2.14. The van der Waals surface area contributed by atoms with Crippen molar-refractivity contribution in [2.45, 2.75) is 6.92 Å². The van der Waals surface area contributed by atoms with Gasteiger partial charge in [0.1, 0.15) is 11.8 Å². The SMILES string of the molecule is COc1cc(Cl)c(C)cc1NC(=O)c1cnc(Nc2ccccc2C#N)nc1. The number of benzene rings is 2. The van der Waals surface area contributed by atoms with Crippen LogP contribution in [0.4, 0.5) is 17.3 Å². The Morgan fingerprint density at radius 1 is 1.18 bits per heavy atom. The van der Waals surface area contributed by atoms with Crippen LogP contribution in [0.2, 0.25) is 5.02 Å². The number of hydrogen-bond acceptors (Lipinski definition) is 6. The number of rotatable bonds is 5. The van der Waals surface area contributed by atoms with Crippen LogP contribution in [0.3, 0.4) is 0 Å². The molecule has 0 aliphatic carbocycles. The van der Waals surface area contributed by atoms with Crippen LogP contribution in [0.5, 0.6) is 5.75 Å². The highest BCUT2D eigenvalue weighted by atomic mass is 35.5. The molecule has 0 aliphatic rings. The van der Waals surface area contributed by atoms with Crippen molar-refractivity contribution in [3.63, 3.8) is 0 Å². The van der Waals surface area contributed by atoms with E-state index >= 15 is 0 Å². The van der Waals surface area contributed by atoms with Gasteiger partial charge in [-0.05, 0) is 30.7 Å². The molecule has 0 aliphatic heterocycles. The van der Waals surface area contributed by atoms with Crippen LogP contribution in [0, 0.1) is 18.3 Å². The molecule has 0 saturated carbocycles. The van der Waals surface area contributed by atoms with Crippen LogP contribution in [-0.4, -0.2) is 23.0 Å². The Morgan fingerprint density at radius 2 is 1.89 bits per heavy atom. The summed E-state index contributed by atoms with van der Waals surface area (Å²) < 4.78 is 5.26. The van der Waals surface area contributed by atoms with Crippen molar-refractivity contribution in [1.82, 2.24) is 9.97 Å². The van der Waals surface area contributed by atoms with Gasteiger partial charge < -0.3 is 15.4 Å². The smallest absolute Gasteiger partial charge is 0.258 e. The van der Waals surface area contributed by atoms with Crippen molar-refractivity contribution < 1.29 is 9.53 Å². The summed E-state index contributed by atoms with van der Waals surface area (Å²) in [6.45, 7) is 1.83. The van der Waals surface area contributed by atoms with Crippen molar-refractivity contribution in [2.75, 3.05) is 17.7 Å². The minimum Gasteiger partial charge on any atom is -0.495 e. The van der Waals surface area contributed by atoms with E-state index in [9.17, 15) is 4.79 Å². The van der Waals surface area contributed by atoms with E-state index in [0.29, 0.717) is 27.7 Å². The van der Waals surface area contributed by atoms with Crippen LogP contribution >= 0.6 is 11.6 Å². The van der Waals surface area contributed by atoms with Gasteiger partial charge in [-0.15, -0.1) is 0 Å². The number of para-hydroxylation sites is 1. The van der Waals surface area contributed by atoms with Gasteiger partial charge >= 0.3 is 0 Å². The number of anilines is 3. The van der Waals surface area contributed by atoms with E-state index in [2.05, 4.69) is 26.7 Å². The molecule has 0 atom stereocenters. The predicted molar refractivity (Wildman–Crippen MR) is 107 cm³/mol. The molecule has 0 bridgehead atoms. The Bertz CT molecular complexity index is 1060. The van der Waals surface area contributed by atoms with Gasteiger partial charge in [-0.1, -0.05) is 23.7 Å². The van der Waals surface area contributed by atoms with Crippen molar-refractivity contribution in [1.29, 1.82) is 5.26 Å². The van der Waals surface area contributed by atoms with Crippen LogP contribution in [0.15, 0.2) is 48.8 Å². The molecule has 0 spiro atoms. The first-order valence-corrected chi connectivity index (χ1v) is 8.63. The topological polar surface area (TPSA) is 99.9 Å². The van der Waals surface area contributed by atoms with E-state index in [-0.39, 0.29) is 17.4 Å². The fraction of sp³-hybridized carbons (Fsp3) is 0.100. The van der Waals surface area contributed by atoms with E-state index in [0.717, 1.165) is 5.56 Å². The Morgan fingerprint density at radius 3 is 2.57 bits per heavy atom. The highest BCUT2D eigenvalue weighted by molar-refractivity contribution is 6.31. The largest absolute Gasteiger partial charge is 0.495 e. The summed E-state index contributed by atoms with van der Waals surface area (Å²) in [4.78, 5) is 20.8. The summed E-state index contributed by atoms with van der Waals surface area (Å²) in [5.41, 5.74) is 2.64. The zero-order chi connectivity index (χ0) is 20.1. The third kappa shape index (κ3) is 4.19. The monoisotopic (exact) mass is 393 g/mol. The summed E-state index contributed by atoms with van der Waals surface area (Å²) in [5, 5.41) is 15.4. The van der Waals surface area contributed by atoms with Gasteiger partial charge in [-0.25, -0.2) is 9.97 Å². The van der Waals surface area contributed by atoms with E-state index in [1.165, 1.54) is 19.5 Å². The quantitative estimate of drug-likeness (QED) is 0.669. The van der Waals surface area contributed by atoms with E-state index in [4.69, 9.17) is 21.6 Å². The van der Waals surface area contributed by atoms with Gasteiger partial charge in [0.15, 0.2) is 0 Å². The predicted octanol–water partition coefficient (Wildman–Crippen LogP) is 4.31. The summed E-state index contributed by atoms with van der Waals surface area (Å²) in [6.07, 6.45) is 2.80. The Hall–Kier alpha value is -3.63. The molecule has 7 nitrogen and oxygen atoms in total.